The maximum atomic E-state index is 14.2. The van der Waals surface area contributed by atoms with E-state index in [2.05, 4.69) is 22.5 Å². The lowest BCUT2D eigenvalue weighted by molar-refractivity contribution is 0.0953. The van der Waals surface area contributed by atoms with Gasteiger partial charge in [0.05, 0.1) is 18.0 Å². The minimum atomic E-state index is -0.398. The first kappa shape index (κ1) is 22.0. The van der Waals surface area contributed by atoms with Gasteiger partial charge in [0, 0.05) is 30.3 Å². The van der Waals surface area contributed by atoms with Crippen molar-refractivity contribution in [1.29, 1.82) is 0 Å². The summed E-state index contributed by atoms with van der Waals surface area (Å²) in [5, 5.41) is 15.5. The van der Waals surface area contributed by atoms with Crippen LogP contribution in [0.15, 0.2) is 36.4 Å². The van der Waals surface area contributed by atoms with E-state index in [9.17, 15) is 14.3 Å². The van der Waals surface area contributed by atoms with E-state index in [1.54, 1.807) is 24.3 Å². The van der Waals surface area contributed by atoms with Gasteiger partial charge in [-0.15, -0.1) is 0 Å². The molecule has 2 aromatic rings. The van der Waals surface area contributed by atoms with Crippen molar-refractivity contribution in [1.82, 2.24) is 15.6 Å². The van der Waals surface area contributed by atoms with Gasteiger partial charge in [-0.25, -0.2) is 9.37 Å². The number of aliphatic hydroxyl groups is 1. The fraction of sp³-hybridized carbons (Fsp3) is 0.455. The number of carbonyl (C=O) groups is 1. The van der Waals surface area contributed by atoms with Gasteiger partial charge in [-0.05, 0) is 36.6 Å². The highest BCUT2D eigenvalue weighted by atomic mass is 19.1. The zero-order valence-corrected chi connectivity index (χ0v) is 16.8. The first-order valence-electron chi connectivity index (χ1n) is 9.84. The van der Waals surface area contributed by atoms with E-state index in [1.165, 1.54) is 6.07 Å². The number of aliphatic hydroxyl groups excluding tert-OH is 1. The van der Waals surface area contributed by atoms with Crippen LogP contribution in [0, 0.1) is 11.7 Å². The molecule has 0 saturated heterocycles. The van der Waals surface area contributed by atoms with E-state index in [4.69, 9.17) is 0 Å². The molecule has 0 unspecified atom stereocenters. The van der Waals surface area contributed by atoms with Crippen molar-refractivity contribution in [3.8, 4) is 11.3 Å². The Morgan fingerprint density at radius 1 is 1.25 bits per heavy atom. The number of unbranched alkanes of at least 4 members (excludes halogenated alkanes) is 1. The molecule has 5 nitrogen and oxygen atoms in total. The number of rotatable bonds is 10. The van der Waals surface area contributed by atoms with Gasteiger partial charge in [-0.1, -0.05) is 39.3 Å². The number of amides is 1. The Morgan fingerprint density at radius 3 is 2.71 bits per heavy atom. The van der Waals surface area contributed by atoms with E-state index in [-0.39, 0.29) is 36.7 Å². The largest absolute Gasteiger partial charge is 0.395 e. The Morgan fingerprint density at radius 2 is 2.04 bits per heavy atom. The molecule has 0 aliphatic rings. The Kier molecular flexibility index (Phi) is 8.54. The van der Waals surface area contributed by atoms with Gasteiger partial charge in [0.2, 0.25) is 0 Å². The molecule has 1 aromatic heterocycles. The number of nitrogens with zero attached hydrogens (tertiary/aromatic N) is 1. The summed E-state index contributed by atoms with van der Waals surface area (Å²) in [4.78, 5) is 16.7. The maximum absolute atomic E-state index is 14.2. The normalized spacial score (nSPS) is 12.2. The Hall–Kier alpha value is -2.31. The molecule has 1 heterocycles. The number of hydrogen-bond donors (Lipinski definition) is 3. The highest BCUT2D eigenvalue weighted by Crippen LogP contribution is 2.20. The highest BCUT2D eigenvalue weighted by Gasteiger charge is 2.14. The first-order chi connectivity index (χ1) is 13.5. The minimum absolute atomic E-state index is 0.0197. The summed E-state index contributed by atoms with van der Waals surface area (Å²) in [5.74, 6) is -0.300. The summed E-state index contributed by atoms with van der Waals surface area (Å²) in [7, 11) is 0. The highest BCUT2D eigenvalue weighted by molar-refractivity contribution is 5.95. The fourth-order valence-corrected chi connectivity index (χ4v) is 2.81. The van der Waals surface area contributed by atoms with E-state index in [1.807, 2.05) is 19.9 Å². The molecule has 0 aliphatic carbocycles. The van der Waals surface area contributed by atoms with Crippen molar-refractivity contribution in [3.63, 3.8) is 0 Å². The maximum Gasteiger partial charge on any atom is 0.251 e. The van der Waals surface area contributed by atoms with Crippen LogP contribution in [-0.4, -0.2) is 35.2 Å². The number of nitrogens with one attached hydrogen (secondary N) is 2. The lowest BCUT2D eigenvalue weighted by Gasteiger charge is -2.20. The van der Waals surface area contributed by atoms with Crippen LogP contribution in [0.5, 0.6) is 0 Å². The molecule has 0 aliphatic heterocycles. The van der Waals surface area contributed by atoms with Crippen LogP contribution in [0.4, 0.5) is 4.39 Å². The molecule has 0 saturated carbocycles. The summed E-state index contributed by atoms with van der Waals surface area (Å²) in [5.41, 5.74) is 2.20. The van der Waals surface area contributed by atoms with Crippen LogP contribution in [0.2, 0.25) is 0 Å². The van der Waals surface area contributed by atoms with Crippen molar-refractivity contribution >= 4 is 5.91 Å². The number of aromatic nitrogens is 1. The molecule has 2 rings (SSSR count). The lowest BCUT2D eigenvalue weighted by atomic mass is 10.0. The Labute approximate surface area is 166 Å². The fourth-order valence-electron chi connectivity index (χ4n) is 2.81. The standard InChI is InChI=1S/C22H30FN3O2/c1-4-5-11-24-22(28)17-8-6-7-16(12-17)19-10-9-18(23)20(26-19)13-25-21(14-27)15(2)3/h6-10,12,15,21,25,27H,4-5,11,13-14H2,1-3H3,(H,24,28)/t21-/m0/s1. The second-order valence-corrected chi connectivity index (χ2v) is 7.23. The van der Waals surface area contributed by atoms with Crippen LogP contribution in [-0.2, 0) is 6.54 Å². The molecule has 6 heteroatoms. The molecule has 28 heavy (non-hydrogen) atoms. The molecule has 0 fully saturated rings. The van der Waals surface area contributed by atoms with E-state index >= 15 is 0 Å². The summed E-state index contributed by atoms with van der Waals surface area (Å²) in [6.45, 7) is 6.90. The second-order valence-electron chi connectivity index (χ2n) is 7.23. The first-order valence-corrected chi connectivity index (χ1v) is 9.84. The van der Waals surface area contributed by atoms with Gasteiger partial charge in [-0.2, -0.15) is 0 Å². The number of benzene rings is 1. The lowest BCUT2D eigenvalue weighted by Crippen LogP contribution is -2.36. The third kappa shape index (κ3) is 6.11. The third-order valence-electron chi connectivity index (χ3n) is 4.69. The predicted octanol–water partition coefficient (Wildman–Crippen LogP) is 3.52. The third-order valence-corrected chi connectivity index (χ3v) is 4.69. The van der Waals surface area contributed by atoms with Gasteiger partial charge in [-0.3, -0.25) is 4.79 Å². The molecular weight excluding hydrogens is 357 g/mol. The molecule has 1 aromatic carbocycles. The average Bonchev–Trinajstić information content (AvgIpc) is 2.69. The van der Waals surface area contributed by atoms with Crippen LogP contribution in [0.1, 0.15) is 49.7 Å². The predicted molar refractivity (Wildman–Crippen MR) is 109 cm³/mol. The smallest absolute Gasteiger partial charge is 0.251 e. The molecule has 3 N–H and O–H groups in total. The van der Waals surface area contributed by atoms with Crippen molar-refractivity contribution in [2.45, 2.75) is 46.2 Å². The SMILES string of the molecule is CCCCNC(=O)c1cccc(-c2ccc(F)c(CN[C@@H](CO)C(C)C)n2)c1. The van der Waals surface area contributed by atoms with Crippen molar-refractivity contribution in [3.05, 3.63) is 53.5 Å². The molecule has 0 radical (unpaired) electrons. The number of carbonyl (C=O) groups excluding carboxylic acids is 1. The van der Waals surface area contributed by atoms with E-state index in [0.29, 0.717) is 17.8 Å². The van der Waals surface area contributed by atoms with Crippen LogP contribution in [0.25, 0.3) is 11.3 Å². The number of hydrogen-bond acceptors (Lipinski definition) is 4. The molecular formula is C22H30FN3O2. The topological polar surface area (TPSA) is 74.2 Å². The summed E-state index contributed by atoms with van der Waals surface area (Å²) >= 11 is 0. The van der Waals surface area contributed by atoms with Crippen LogP contribution in [0.3, 0.4) is 0 Å². The van der Waals surface area contributed by atoms with Crippen LogP contribution >= 0.6 is 0 Å². The van der Waals surface area contributed by atoms with Crippen molar-refractivity contribution < 1.29 is 14.3 Å². The van der Waals surface area contributed by atoms with E-state index < -0.39 is 5.82 Å². The second kappa shape index (κ2) is 10.9. The number of halogens is 1. The zero-order valence-electron chi connectivity index (χ0n) is 16.8. The quantitative estimate of drug-likeness (QED) is 0.545. The van der Waals surface area contributed by atoms with Gasteiger partial charge < -0.3 is 15.7 Å². The van der Waals surface area contributed by atoms with Gasteiger partial charge in [0.1, 0.15) is 5.82 Å². The number of pyridine rings is 1. The zero-order chi connectivity index (χ0) is 20.5. The van der Waals surface area contributed by atoms with Crippen molar-refractivity contribution in [2.75, 3.05) is 13.2 Å². The summed E-state index contributed by atoms with van der Waals surface area (Å²) in [6.07, 6.45) is 1.96. The molecule has 0 spiro atoms. The van der Waals surface area contributed by atoms with Crippen LogP contribution < -0.4 is 10.6 Å². The molecule has 1 amide bonds. The minimum Gasteiger partial charge on any atom is -0.395 e. The van der Waals surface area contributed by atoms with Gasteiger partial charge in [0.25, 0.3) is 5.91 Å². The van der Waals surface area contributed by atoms with E-state index in [0.717, 1.165) is 18.4 Å². The average molecular weight is 387 g/mol. The van der Waals surface area contributed by atoms with Gasteiger partial charge in [0.15, 0.2) is 0 Å². The van der Waals surface area contributed by atoms with Crippen molar-refractivity contribution in [2.24, 2.45) is 5.92 Å². The van der Waals surface area contributed by atoms with Gasteiger partial charge >= 0.3 is 0 Å². The molecule has 1 atom stereocenters. The molecule has 0 bridgehead atoms. The molecule has 152 valence electrons. The Bertz CT molecular complexity index is 780. The monoisotopic (exact) mass is 387 g/mol. The summed E-state index contributed by atoms with van der Waals surface area (Å²) in [6, 6.07) is 10.0. The Balaban J connectivity index is 2.17. The summed E-state index contributed by atoms with van der Waals surface area (Å²) < 4.78 is 14.2.